The Balaban J connectivity index is 1.28. The number of pyridine rings is 1. The minimum absolute atomic E-state index is 0.0158. The van der Waals surface area contributed by atoms with Gasteiger partial charge in [-0.05, 0) is 24.3 Å². The second kappa shape index (κ2) is 7.97. The first-order chi connectivity index (χ1) is 15.9. The molecule has 0 unspecified atom stereocenters. The number of anilines is 1. The molecule has 1 amide bonds. The lowest BCUT2D eigenvalue weighted by molar-refractivity contribution is -0.138. The fraction of sp³-hybridized carbons (Fsp3) is 0.143. The van der Waals surface area contributed by atoms with E-state index in [1.165, 1.54) is 23.1 Å². The van der Waals surface area contributed by atoms with Crippen LogP contribution in [0.2, 0.25) is 0 Å². The van der Waals surface area contributed by atoms with Crippen LogP contribution < -0.4 is 14.8 Å². The van der Waals surface area contributed by atoms with Gasteiger partial charge >= 0.3 is 6.18 Å². The van der Waals surface area contributed by atoms with E-state index >= 15 is 0 Å². The zero-order valence-electron chi connectivity index (χ0n) is 16.7. The molecule has 0 fully saturated rings. The summed E-state index contributed by atoms with van der Waals surface area (Å²) in [6.07, 6.45) is 0.433. The number of carbonyl (C=O) groups excluding carboxylic acids is 1. The van der Waals surface area contributed by atoms with Crippen LogP contribution in [0.1, 0.15) is 21.6 Å². The average Bonchev–Trinajstić information content (AvgIpc) is 3.54. The maximum absolute atomic E-state index is 13.2. The molecule has 168 valence electrons. The highest BCUT2D eigenvalue weighted by Crippen LogP contribution is 2.36. The SMILES string of the molecule is O=C(Nc1cnn(Cc2cnccc2C(F)(F)F)c1)c1cc(-c2ccc3c(c2)OCO3)on1. The molecule has 0 saturated carbocycles. The molecule has 9 nitrogen and oxygen atoms in total. The minimum Gasteiger partial charge on any atom is -0.454 e. The van der Waals surface area contributed by atoms with Gasteiger partial charge in [-0.3, -0.25) is 14.5 Å². The molecule has 3 aromatic heterocycles. The van der Waals surface area contributed by atoms with Crippen molar-refractivity contribution < 1.29 is 32.0 Å². The summed E-state index contributed by atoms with van der Waals surface area (Å²) in [7, 11) is 0. The van der Waals surface area contributed by atoms with Gasteiger partial charge in [0.05, 0.1) is 24.0 Å². The van der Waals surface area contributed by atoms with Crippen LogP contribution in [0.5, 0.6) is 11.5 Å². The summed E-state index contributed by atoms with van der Waals surface area (Å²) >= 11 is 0. The van der Waals surface area contributed by atoms with Gasteiger partial charge in [-0.15, -0.1) is 0 Å². The quantitative estimate of drug-likeness (QED) is 0.483. The third kappa shape index (κ3) is 4.22. The van der Waals surface area contributed by atoms with Crippen LogP contribution in [0, 0.1) is 0 Å². The number of alkyl halides is 3. The van der Waals surface area contributed by atoms with Crippen LogP contribution >= 0.6 is 0 Å². The van der Waals surface area contributed by atoms with Crippen LogP contribution in [0.4, 0.5) is 18.9 Å². The molecule has 1 aliphatic rings. The first-order valence-corrected chi connectivity index (χ1v) is 9.57. The third-order valence-electron chi connectivity index (χ3n) is 4.83. The van der Waals surface area contributed by atoms with Crippen LogP contribution in [0.25, 0.3) is 11.3 Å². The monoisotopic (exact) mass is 457 g/mol. The molecular weight excluding hydrogens is 443 g/mol. The summed E-state index contributed by atoms with van der Waals surface area (Å²) in [4.78, 5) is 16.3. The number of halogens is 3. The molecule has 4 aromatic rings. The van der Waals surface area contributed by atoms with Gasteiger partial charge in [-0.1, -0.05) is 5.16 Å². The zero-order chi connectivity index (χ0) is 23.0. The number of rotatable bonds is 5. The first kappa shape index (κ1) is 20.5. The van der Waals surface area contributed by atoms with Gasteiger partial charge in [0, 0.05) is 35.8 Å². The lowest BCUT2D eigenvalue weighted by Crippen LogP contribution is -2.13. The van der Waals surface area contributed by atoms with Crippen molar-refractivity contribution in [1.82, 2.24) is 19.9 Å². The summed E-state index contributed by atoms with van der Waals surface area (Å²) in [5.41, 5.74) is 0.107. The second-order valence-electron chi connectivity index (χ2n) is 7.06. The Morgan fingerprint density at radius 1 is 1.12 bits per heavy atom. The summed E-state index contributed by atoms with van der Waals surface area (Å²) in [6, 6.07) is 7.54. The molecular formula is C21H14F3N5O4. The Morgan fingerprint density at radius 3 is 2.82 bits per heavy atom. The van der Waals surface area contributed by atoms with Crippen molar-refractivity contribution in [3.63, 3.8) is 0 Å². The number of fused-ring (bicyclic) bond motifs is 1. The number of amides is 1. The molecule has 0 spiro atoms. The highest BCUT2D eigenvalue weighted by molar-refractivity contribution is 6.03. The zero-order valence-corrected chi connectivity index (χ0v) is 16.7. The number of hydrogen-bond acceptors (Lipinski definition) is 7. The van der Waals surface area contributed by atoms with Crippen molar-refractivity contribution in [2.24, 2.45) is 0 Å². The summed E-state index contributed by atoms with van der Waals surface area (Å²) in [6.45, 7) is -0.0361. The number of nitrogens with one attached hydrogen (secondary N) is 1. The van der Waals surface area contributed by atoms with E-state index in [0.29, 0.717) is 22.8 Å². The molecule has 33 heavy (non-hydrogen) atoms. The van der Waals surface area contributed by atoms with Crippen molar-refractivity contribution in [1.29, 1.82) is 0 Å². The normalized spacial score (nSPS) is 12.7. The van der Waals surface area contributed by atoms with Gasteiger partial charge < -0.3 is 19.3 Å². The lowest BCUT2D eigenvalue weighted by atomic mass is 10.1. The van der Waals surface area contributed by atoms with E-state index in [1.54, 1.807) is 18.2 Å². The molecule has 5 rings (SSSR count). The number of hydrogen-bond donors (Lipinski definition) is 1. The van der Waals surface area contributed by atoms with E-state index in [-0.39, 0.29) is 30.3 Å². The maximum Gasteiger partial charge on any atom is 0.416 e. The van der Waals surface area contributed by atoms with Crippen molar-refractivity contribution in [2.75, 3.05) is 12.1 Å². The Hall–Kier alpha value is -4.35. The first-order valence-electron chi connectivity index (χ1n) is 9.57. The molecule has 0 atom stereocenters. The van der Waals surface area contributed by atoms with Crippen molar-refractivity contribution in [3.8, 4) is 22.8 Å². The number of benzene rings is 1. The van der Waals surface area contributed by atoms with Crippen LogP contribution in [-0.4, -0.2) is 32.6 Å². The topological polar surface area (TPSA) is 104 Å². The van der Waals surface area contributed by atoms with E-state index in [1.807, 2.05) is 0 Å². The Labute approximate surface area is 183 Å². The van der Waals surface area contributed by atoms with E-state index < -0.39 is 17.6 Å². The highest BCUT2D eigenvalue weighted by Gasteiger charge is 2.33. The molecule has 0 bridgehead atoms. The van der Waals surface area contributed by atoms with Crippen molar-refractivity contribution >= 4 is 11.6 Å². The van der Waals surface area contributed by atoms with Crippen LogP contribution in [0.3, 0.4) is 0 Å². The van der Waals surface area contributed by atoms with Gasteiger partial charge in [-0.2, -0.15) is 18.3 Å². The average molecular weight is 457 g/mol. The van der Waals surface area contributed by atoms with E-state index in [4.69, 9.17) is 14.0 Å². The maximum atomic E-state index is 13.2. The Bertz CT molecular complexity index is 1330. The standard InChI is InChI=1S/C21H14F3N5O4/c22-21(23,24)15-3-4-25-7-13(15)9-29-10-14(8-26-29)27-20(30)16-6-18(33-28-16)12-1-2-17-19(5-12)32-11-31-17/h1-8,10H,9,11H2,(H,27,30). The van der Waals surface area contributed by atoms with Crippen LogP contribution in [-0.2, 0) is 12.7 Å². The fourth-order valence-corrected chi connectivity index (χ4v) is 3.28. The molecule has 1 aromatic carbocycles. The van der Waals surface area contributed by atoms with E-state index in [0.717, 1.165) is 18.5 Å². The summed E-state index contributed by atoms with van der Waals surface area (Å²) < 4.78 is 56.6. The van der Waals surface area contributed by atoms with Gasteiger partial charge in [0.1, 0.15) is 0 Å². The molecule has 0 radical (unpaired) electrons. The van der Waals surface area contributed by atoms with E-state index in [9.17, 15) is 18.0 Å². The number of nitrogens with zero attached hydrogens (tertiary/aromatic N) is 4. The number of aromatic nitrogens is 4. The van der Waals surface area contributed by atoms with Gasteiger partial charge in [0.15, 0.2) is 23.0 Å². The van der Waals surface area contributed by atoms with Gasteiger partial charge in [0.2, 0.25) is 6.79 Å². The summed E-state index contributed by atoms with van der Waals surface area (Å²) in [5.74, 6) is 0.958. The summed E-state index contributed by atoms with van der Waals surface area (Å²) in [5, 5.41) is 10.4. The van der Waals surface area contributed by atoms with Crippen molar-refractivity contribution in [2.45, 2.75) is 12.7 Å². The molecule has 0 aliphatic carbocycles. The highest BCUT2D eigenvalue weighted by atomic mass is 19.4. The minimum atomic E-state index is -4.51. The van der Waals surface area contributed by atoms with E-state index in [2.05, 4.69) is 20.6 Å². The Kier molecular flexibility index (Phi) is 4.96. The smallest absolute Gasteiger partial charge is 0.416 e. The predicted molar refractivity (Wildman–Crippen MR) is 107 cm³/mol. The third-order valence-corrected chi connectivity index (χ3v) is 4.83. The number of ether oxygens (including phenoxy) is 2. The fourth-order valence-electron chi connectivity index (χ4n) is 3.28. The molecule has 1 aliphatic heterocycles. The van der Waals surface area contributed by atoms with Crippen LogP contribution in [0.15, 0.2) is 59.6 Å². The molecule has 4 heterocycles. The predicted octanol–water partition coefficient (Wildman–Crippen LogP) is 3.98. The van der Waals surface area contributed by atoms with Gasteiger partial charge in [0.25, 0.3) is 5.91 Å². The molecule has 1 N–H and O–H groups in total. The largest absolute Gasteiger partial charge is 0.454 e. The second-order valence-corrected chi connectivity index (χ2v) is 7.06. The Morgan fingerprint density at radius 2 is 1.97 bits per heavy atom. The number of carbonyl (C=O) groups is 1. The molecule has 0 saturated heterocycles. The van der Waals surface area contributed by atoms with Gasteiger partial charge in [-0.25, -0.2) is 0 Å². The van der Waals surface area contributed by atoms with Crippen molar-refractivity contribution in [3.05, 3.63) is 71.9 Å². The molecule has 12 heteroatoms. The lowest BCUT2D eigenvalue weighted by Gasteiger charge is -2.11.